The van der Waals surface area contributed by atoms with E-state index in [0.717, 1.165) is 40.3 Å². The second kappa shape index (κ2) is 8.00. The normalized spacial score (nSPS) is 22.4. The molecule has 4 N–H and O–H groups in total. The van der Waals surface area contributed by atoms with Crippen LogP contribution >= 0.6 is 0 Å². The summed E-state index contributed by atoms with van der Waals surface area (Å²) in [7, 11) is 0. The summed E-state index contributed by atoms with van der Waals surface area (Å²) >= 11 is 0. The van der Waals surface area contributed by atoms with Gasteiger partial charge in [0.1, 0.15) is 5.52 Å². The number of piperidine rings is 1. The highest BCUT2D eigenvalue weighted by molar-refractivity contribution is 5.77. The van der Waals surface area contributed by atoms with Gasteiger partial charge >= 0.3 is 0 Å². The van der Waals surface area contributed by atoms with Crippen molar-refractivity contribution < 1.29 is 9.52 Å². The number of nitrogens with zero attached hydrogens (tertiary/aromatic N) is 3. The fourth-order valence-corrected chi connectivity index (χ4v) is 3.98. The summed E-state index contributed by atoms with van der Waals surface area (Å²) in [5.74, 6) is 0.469. The number of furan rings is 1. The molecule has 3 atom stereocenters. The van der Waals surface area contributed by atoms with Gasteiger partial charge in [-0.15, -0.1) is 0 Å². The van der Waals surface area contributed by atoms with Gasteiger partial charge in [-0.2, -0.15) is 0 Å². The minimum atomic E-state index is -0.467. The van der Waals surface area contributed by atoms with Crippen LogP contribution in [-0.2, 0) is 6.54 Å². The second-order valence-corrected chi connectivity index (χ2v) is 8.28. The Bertz CT molecular complexity index is 974. The van der Waals surface area contributed by atoms with Gasteiger partial charge in [-0.3, -0.25) is 4.98 Å². The topological polar surface area (TPSA) is 100 Å². The molecule has 0 aliphatic carbocycles. The number of aromatic nitrogens is 2. The number of hydrogen-bond donors (Lipinski definition) is 3. The maximum Gasteiger partial charge on any atom is 0.152 e. The van der Waals surface area contributed by atoms with E-state index in [0.29, 0.717) is 19.0 Å². The van der Waals surface area contributed by atoms with Gasteiger partial charge in [-0.25, -0.2) is 4.98 Å². The number of aliphatic hydroxyl groups is 1. The van der Waals surface area contributed by atoms with Gasteiger partial charge in [-0.1, -0.05) is 20.8 Å². The van der Waals surface area contributed by atoms with E-state index in [1.54, 1.807) is 12.5 Å². The van der Waals surface area contributed by atoms with Gasteiger partial charge in [0, 0.05) is 36.8 Å². The van der Waals surface area contributed by atoms with Crippen LogP contribution in [0, 0.1) is 5.92 Å². The first kappa shape index (κ1) is 19.7. The number of fused-ring (bicyclic) bond motifs is 1. The predicted octanol–water partition coefficient (Wildman–Crippen LogP) is 3.10. The molecule has 0 radical (unpaired) electrons. The standard InChI is InChI=1S/C22H29N5O2/c1-13(2)16-12-29-20-5-4-15(26-21(16)20)8-25-18-9-24-7-6-19(18)27-10-14(3)22(28)17(23)11-27/h4-7,9,12-14,17,22,25,28H,8,10-11,23H2,1-3H3. The molecule has 29 heavy (non-hydrogen) atoms. The molecule has 0 saturated carbocycles. The molecule has 0 spiro atoms. The Labute approximate surface area is 170 Å². The summed E-state index contributed by atoms with van der Waals surface area (Å²) in [5.41, 5.74) is 11.9. The zero-order valence-corrected chi connectivity index (χ0v) is 17.2. The van der Waals surface area contributed by atoms with Gasteiger partial charge in [-0.05, 0) is 24.1 Å². The van der Waals surface area contributed by atoms with E-state index in [-0.39, 0.29) is 12.0 Å². The third-order valence-corrected chi connectivity index (χ3v) is 5.68. The monoisotopic (exact) mass is 395 g/mol. The Morgan fingerprint density at radius 1 is 1.31 bits per heavy atom. The molecular formula is C22H29N5O2. The molecule has 1 aliphatic rings. The molecule has 1 fully saturated rings. The Hall–Kier alpha value is -2.64. The summed E-state index contributed by atoms with van der Waals surface area (Å²) in [6.07, 6.45) is 4.94. The molecule has 4 heterocycles. The lowest BCUT2D eigenvalue weighted by Gasteiger charge is -2.40. The van der Waals surface area contributed by atoms with Crippen LogP contribution in [0.1, 0.15) is 37.9 Å². The SMILES string of the molecule is CC(C)c1coc2ccc(CNc3cnccc3N3CC(C)C(O)C(N)C3)nc12. The smallest absolute Gasteiger partial charge is 0.152 e. The third kappa shape index (κ3) is 3.93. The van der Waals surface area contributed by atoms with Crippen molar-refractivity contribution in [1.82, 2.24) is 9.97 Å². The Kier molecular flexibility index (Phi) is 5.43. The maximum absolute atomic E-state index is 10.2. The number of anilines is 2. The third-order valence-electron chi connectivity index (χ3n) is 5.68. The highest BCUT2D eigenvalue weighted by Crippen LogP contribution is 2.30. The summed E-state index contributed by atoms with van der Waals surface area (Å²) in [4.78, 5) is 11.3. The number of nitrogens with two attached hydrogens (primary N) is 1. The lowest BCUT2D eigenvalue weighted by molar-refractivity contribution is 0.0785. The molecule has 7 nitrogen and oxygen atoms in total. The van der Waals surface area contributed by atoms with Crippen LogP contribution < -0.4 is 16.0 Å². The zero-order chi connectivity index (χ0) is 20.5. The van der Waals surface area contributed by atoms with E-state index in [1.165, 1.54) is 0 Å². The Morgan fingerprint density at radius 3 is 2.90 bits per heavy atom. The largest absolute Gasteiger partial charge is 0.462 e. The summed E-state index contributed by atoms with van der Waals surface area (Å²) in [6.45, 7) is 8.25. The molecule has 3 aromatic rings. The maximum atomic E-state index is 10.2. The molecule has 3 unspecified atom stereocenters. The van der Waals surface area contributed by atoms with Crippen LogP contribution in [0.5, 0.6) is 0 Å². The van der Waals surface area contributed by atoms with Crippen LogP contribution in [-0.4, -0.2) is 40.3 Å². The lowest BCUT2D eigenvalue weighted by atomic mass is 9.92. The van der Waals surface area contributed by atoms with E-state index in [1.807, 2.05) is 31.3 Å². The van der Waals surface area contributed by atoms with E-state index in [4.69, 9.17) is 15.1 Å². The van der Waals surface area contributed by atoms with Crippen molar-refractivity contribution in [2.75, 3.05) is 23.3 Å². The molecule has 0 aromatic carbocycles. The molecule has 1 aliphatic heterocycles. The summed E-state index contributed by atoms with van der Waals surface area (Å²) in [5, 5.41) is 13.6. The Morgan fingerprint density at radius 2 is 2.14 bits per heavy atom. The minimum Gasteiger partial charge on any atom is -0.462 e. The molecule has 3 aromatic heterocycles. The number of rotatable bonds is 5. The van der Waals surface area contributed by atoms with Crippen molar-refractivity contribution in [2.45, 2.75) is 45.4 Å². The molecular weight excluding hydrogens is 366 g/mol. The van der Waals surface area contributed by atoms with Crippen LogP contribution in [0.25, 0.3) is 11.1 Å². The van der Waals surface area contributed by atoms with E-state index < -0.39 is 6.10 Å². The van der Waals surface area contributed by atoms with Crippen LogP contribution in [0.4, 0.5) is 11.4 Å². The quantitative estimate of drug-likeness (QED) is 0.610. The van der Waals surface area contributed by atoms with E-state index in [9.17, 15) is 5.11 Å². The fourth-order valence-electron chi connectivity index (χ4n) is 3.98. The van der Waals surface area contributed by atoms with Gasteiger partial charge in [0.15, 0.2) is 5.58 Å². The van der Waals surface area contributed by atoms with Crippen molar-refractivity contribution in [3.05, 3.63) is 48.1 Å². The molecule has 1 saturated heterocycles. The fraction of sp³-hybridized carbons (Fsp3) is 0.455. The number of hydrogen-bond acceptors (Lipinski definition) is 7. The van der Waals surface area contributed by atoms with Crippen LogP contribution in [0.2, 0.25) is 0 Å². The average molecular weight is 396 g/mol. The predicted molar refractivity (Wildman–Crippen MR) is 115 cm³/mol. The van der Waals surface area contributed by atoms with E-state index >= 15 is 0 Å². The lowest BCUT2D eigenvalue weighted by Crippen LogP contribution is -2.55. The molecule has 7 heteroatoms. The first-order valence-corrected chi connectivity index (χ1v) is 10.2. The van der Waals surface area contributed by atoms with Crippen molar-refractivity contribution in [3.8, 4) is 0 Å². The first-order chi connectivity index (χ1) is 13.9. The van der Waals surface area contributed by atoms with Crippen LogP contribution in [0.3, 0.4) is 0 Å². The van der Waals surface area contributed by atoms with E-state index in [2.05, 4.69) is 29.0 Å². The second-order valence-electron chi connectivity index (χ2n) is 8.28. The molecule has 0 amide bonds. The summed E-state index contributed by atoms with van der Waals surface area (Å²) in [6, 6.07) is 5.68. The molecule has 0 bridgehead atoms. The van der Waals surface area contributed by atoms with Crippen molar-refractivity contribution >= 4 is 22.5 Å². The number of pyridine rings is 2. The molecule has 154 valence electrons. The zero-order valence-electron chi connectivity index (χ0n) is 17.2. The number of aliphatic hydroxyl groups excluding tert-OH is 1. The number of nitrogens with one attached hydrogen (secondary N) is 1. The first-order valence-electron chi connectivity index (χ1n) is 10.2. The van der Waals surface area contributed by atoms with Crippen molar-refractivity contribution in [2.24, 2.45) is 11.7 Å². The minimum absolute atomic E-state index is 0.111. The summed E-state index contributed by atoms with van der Waals surface area (Å²) < 4.78 is 5.62. The van der Waals surface area contributed by atoms with Crippen molar-refractivity contribution in [1.29, 1.82) is 0 Å². The Balaban J connectivity index is 1.54. The van der Waals surface area contributed by atoms with Crippen molar-refractivity contribution in [3.63, 3.8) is 0 Å². The van der Waals surface area contributed by atoms with Gasteiger partial charge in [0.05, 0.1) is 42.2 Å². The molecule has 4 rings (SSSR count). The van der Waals surface area contributed by atoms with Gasteiger partial charge in [0.25, 0.3) is 0 Å². The van der Waals surface area contributed by atoms with Gasteiger partial charge in [0.2, 0.25) is 0 Å². The average Bonchev–Trinajstić information content (AvgIpc) is 3.14. The highest BCUT2D eigenvalue weighted by Gasteiger charge is 2.31. The highest BCUT2D eigenvalue weighted by atomic mass is 16.3. The van der Waals surface area contributed by atoms with Gasteiger partial charge < -0.3 is 25.5 Å². The van der Waals surface area contributed by atoms with Crippen LogP contribution in [0.15, 0.2) is 41.3 Å².